The summed E-state index contributed by atoms with van der Waals surface area (Å²) >= 11 is 1.14. The molecular formula is C25H26N4O4S. The van der Waals surface area contributed by atoms with E-state index in [1.807, 2.05) is 62.4 Å². The highest BCUT2D eigenvalue weighted by molar-refractivity contribution is 7.20. The largest absolute Gasteiger partial charge is 0.450 e. The minimum atomic E-state index is -0.612. The van der Waals surface area contributed by atoms with Crippen LogP contribution in [0.2, 0.25) is 0 Å². The van der Waals surface area contributed by atoms with E-state index in [1.165, 1.54) is 0 Å². The van der Waals surface area contributed by atoms with E-state index < -0.39 is 12.0 Å². The minimum absolute atomic E-state index is 0.0827. The first-order valence-corrected chi connectivity index (χ1v) is 11.9. The van der Waals surface area contributed by atoms with E-state index in [4.69, 9.17) is 4.74 Å². The number of ether oxygens (including phenoxy) is 1. The number of aryl methyl sites for hydroxylation is 2. The number of hydrogen-bond donors (Lipinski definition) is 2. The van der Waals surface area contributed by atoms with E-state index in [1.54, 1.807) is 11.8 Å². The molecule has 0 aliphatic carbocycles. The van der Waals surface area contributed by atoms with Crippen LogP contribution in [0.3, 0.4) is 0 Å². The summed E-state index contributed by atoms with van der Waals surface area (Å²) in [5, 5.41) is 6.34. The lowest BCUT2D eigenvalue weighted by atomic mass is 10.1. The van der Waals surface area contributed by atoms with Gasteiger partial charge in [0.15, 0.2) is 5.13 Å². The maximum absolute atomic E-state index is 13.2. The highest BCUT2D eigenvalue weighted by atomic mass is 32.1. The van der Waals surface area contributed by atoms with Crippen molar-refractivity contribution in [2.45, 2.75) is 27.2 Å². The number of nitrogens with zero attached hydrogens (tertiary/aromatic N) is 2. The molecule has 0 saturated carbocycles. The molecule has 176 valence electrons. The molecule has 3 aromatic rings. The number of benzene rings is 2. The van der Waals surface area contributed by atoms with Gasteiger partial charge in [-0.1, -0.05) is 47.7 Å². The lowest BCUT2D eigenvalue weighted by Gasteiger charge is -2.18. The maximum atomic E-state index is 13.2. The highest BCUT2D eigenvalue weighted by Crippen LogP contribution is 2.37. The van der Waals surface area contributed by atoms with Crippen LogP contribution >= 0.6 is 11.3 Å². The van der Waals surface area contributed by atoms with Gasteiger partial charge in [0.1, 0.15) is 10.7 Å². The third-order valence-corrected chi connectivity index (χ3v) is 6.58. The second-order valence-electron chi connectivity index (χ2n) is 8.07. The zero-order valence-corrected chi connectivity index (χ0v) is 20.1. The first-order chi connectivity index (χ1) is 16.4. The second kappa shape index (κ2) is 10.0. The van der Waals surface area contributed by atoms with Gasteiger partial charge in [0, 0.05) is 24.2 Å². The number of aromatic nitrogens is 1. The molecule has 8 nitrogen and oxygen atoms in total. The van der Waals surface area contributed by atoms with Crippen LogP contribution in [0.25, 0.3) is 11.3 Å². The monoisotopic (exact) mass is 478 g/mol. The second-order valence-corrected chi connectivity index (χ2v) is 9.07. The zero-order chi connectivity index (χ0) is 24.2. The van der Waals surface area contributed by atoms with Crippen LogP contribution in [0, 0.1) is 19.8 Å². The third kappa shape index (κ3) is 5.09. The standard InChI is InChI=1S/C25H26N4O4S/c1-4-33-25(32)28-24-26-21(17-8-6-5-7-9-17)23(34-24)27-22(31)18-13-20(30)29(14-18)19-11-10-15(2)16(3)12-19/h5-12,18H,4,13-14H2,1-3H3,(H,27,31)(H,26,28,32). The van der Waals surface area contributed by atoms with E-state index >= 15 is 0 Å². The fourth-order valence-electron chi connectivity index (χ4n) is 3.74. The molecule has 1 aliphatic heterocycles. The summed E-state index contributed by atoms with van der Waals surface area (Å²) in [5.41, 5.74) is 4.38. The summed E-state index contributed by atoms with van der Waals surface area (Å²) in [6.45, 7) is 6.28. The number of thiazole rings is 1. The van der Waals surface area contributed by atoms with E-state index in [2.05, 4.69) is 15.6 Å². The van der Waals surface area contributed by atoms with Crippen molar-refractivity contribution in [3.63, 3.8) is 0 Å². The Labute approximate surface area is 202 Å². The first-order valence-electron chi connectivity index (χ1n) is 11.0. The van der Waals surface area contributed by atoms with Gasteiger partial charge < -0.3 is 15.0 Å². The van der Waals surface area contributed by atoms with Gasteiger partial charge in [-0.3, -0.25) is 14.9 Å². The van der Waals surface area contributed by atoms with Gasteiger partial charge >= 0.3 is 6.09 Å². The predicted molar refractivity (Wildman–Crippen MR) is 133 cm³/mol. The molecular weight excluding hydrogens is 452 g/mol. The Hall–Kier alpha value is -3.72. The number of rotatable bonds is 6. The molecule has 2 heterocycles. The summed E-state index contributed by atoms with van der Waals surface area (Å²) < 4.78 is 4.93. The molecule has 9 heteroatoms. The van der Waals surface area contributed by atoms with Gasteiger partial charge in [0.2, 0.25) is 11.8 Å². The molecule has 2 N–H and O–H groups in total. The molecule has 3 amide bonds. The van der Waals surface area contributed by atoms with Crippen LogP contribution in [-0.2, 0) is 14.3 Å². The number of nitrogens with one attached hydrogen (secondary N) is 2. The Bertz CT molecular complexity index is 1220. The Morgan fingerprint density at radius 1 is 1.12 bits per heavy atom. The topological polar surface area (TPSA) is 101 Å². The van der Waals surface area contributed by atoms with Gasteiger partial charge in [0.25, 0.3) is 0 Å². The van der Waals surface area contributed by atoms with Crippen molar-refractivity contribution >= 4 is 45.1 Å². The Morgan fingerprint density at radius 3 is 2.59 bits per heavy atom. The molecule has 1 fully saturated rings. The number of amides is 3. The molecule has 0 radical (unpaired) electrons. The third-order valence-electron chi connectivity index (χ3n) is 5.69. The van der Waals surface area contributed by atoms with Crippen LogP contribution in [-0.4, -0.2) is 36.0 Å². The van der Waals surface area contributed by atoms with Gasteiger partial charge in [0.05, 0.1) is 12.5 Å². The fourth-order valence-corrected chi connectivity index (χ4v) is 4.62. The summed E-state index contributed by atoms with van der Waals surface area (Å²) in [5.74, 6) is -0.842. The fraction of sp³-hybridized carbons (Fsp3) is 0.280. The summed E-state index contributed by atoms with van der Waals surface area (Å²) in [4.78, 5) is 43.9. The average Bonchev–Trinajstić information content (AvgIpc) is 3.39. The maximum Gasteiger partial charge on any atom is 0.413 e. The van der Waals surface area contributed by atoms with Crippen LogP contribution in [0.4, 0.5) is 20.6 Å². The molecule has 0 spiro atoms. The highest BCUT2D eigenvalue weighted by Gasteiger charge is 2.36. The van der Waals surface area contributed by atoms with Crippen LogP contribution < -0.4 is 15.5 Å². The molecule has 2 aromatic carbocycles. The normalized spacial score (nSPS) is 15.3. The number of carbonyl (C=O) groups is 3. The Kier molecular flexibility index (Phi) is 6.93. The summed E-state index contributed by atoms with van der Waals surface area (Å²) in [7, 11) is 0. The van der Waals surface area contributed by atoms with Gasteiger partial charge in [-0.2, -0.15) is 0 Å². The van der Waals surface area contributed by atoms with Crippen molar-refractivity contribution in [1.82, 2.24) is 4.98 Å². The van der Waals surface area contributed by atoms with E-state index in [9.17, 15) is 14.4 Å². The minimum Gasteiger partial charge on any atom is -0.450 e. The van der Waals surface area contributed by atoms with Crippen molar-refractivity contribution in [1.29, 1.82) is 0 Å². The Balaban J connectivity index is 1.53. The number of hydrogen-bond acceptors (Lipinski definition) is 6. The average molecular weight is 479 g/mol. The van der Waals surface area contributed by atoms with E-state index in [-0.39, 0.29) is 24.8 Å². The lowest BCUT2D eigenvalue weighted by molar-refractivity contribution is -0.122. The molecule has 4 rings (SSSR count). The van der Waals surface area contributed by atoms with Crippen molar-refractivity contribution in [2.24, 2.45) is 5.92 Å². The van der Waals surface area contributed by atoms with E-state index in [0.29, 0.717) is 22.4 Å². The quantitative estimate of drug-likeness (QED) is 0.520. The Morgan fingerprint density at radius 2 is 1.88 bits per heavy atom. The lowest BCUT2D eigenvalue weighted by Crippen LogP contribution is -2.28. The molecule has 1 unspecified atom stereocenters. The van der Waals surface area contributed by atoms with E-state index in [0.717, 1.165) is 33.7 Å². The number of anilines is 3. The summed E-state index contributed by atoms with van der Waals surface area (Å²) in [6.07, 6.45) is -0.481. The van der Waals surface area contributed by atoms with Crippen LogP contribution in [0.1, 0.15) is 24.5 Å². The zero-order valence-electron chi connectivity index (χ0n) is 19.3. The predicted octanol–water partition coefficient (Wildman–Crippen LogP) is 4.99. The van der Waals surface area contributed by atoms with Gasteiger partial charge in [-0.05, 0) is 44.0 Å². The van der Waals surface area contributed by atoms with Gasteiger partial charge in [-0.15, -0.1) is 0 Å². The smallest absolute Gasteiger partial charge is 0.413 e. The molecule has 34 heavy (non-hydrogen) atoms. The SMILES string of the molecule is CCOC(=O)Nc1nc(-c2ccccc2)c(NC(=O)C2CC(=O)N(c3ccc(C)c(C)c3)C2)s1. The van der Waals surface area contributed by atoms with Crippen LogP contribution in [0.15, 0.2) is 48.5 Å². The number of carbonyl (C=O) groups excluding carboxylic acids is 3. The molecule has 1 aliphatic rings. The summed E-state index contributed by atoms with van der Waals surface area (Å²) in [6, 6.07) is 15.2. The molecule has 1 saturated heterocycles. The van der Waals surface area contributed by atoms with Crippen molar-refractivity contribution in [3.8, 4) is 11.3 Å². The first kappa shape index (κ1) is 23.4. The molecule has 0 bridgehead atoms. The molecule has 1 atom stereocenters. The van der Waals surface area contributed by atoms with Crippen LogP contribution in [0.5, 0.6) is 0 Å². The van der Waals surface area contributed by atoms with Crippen molar-refractivity contribution < 1.29 is 19.1 Å². The van der Waals surface area contributed by atoms with Gasteiger partial charge in [-0.25, -0.2) is 9.78 Å². The van der Waals surface area contributed by atoms with Crippen molar-refractivity contribution in [2.75, 3.05) is 28.7 Å². The van der Waals surface area contributed by atoms with Crippen molar-refractivity contribution in [3.05, 3.63) is 59.7 Å². The molecule has 1 aromatic heterocycles.